The van der Waals surface area contributed by atoms with Crippen LogP contribution < -0.4 is 5.32 Å². The molecular formula is C21H34N2O2. The summed E-state index contributed by atoms with van der Waals surface area (Å²) in [7, 11) is 0. The van der Waals surface area contributed by atoms with Gasteiger partial charge in [-0.2, -0.15) is 0 Å². The molecule has 0 bridgehead atoms. The number of anilines is 1. The van der Waals surface area contributed by atoms with E-state index in [1.54, 1.807) is 0 Å². The third-order valence-electron chi connectivity index (χ3n) is 5.09. The van der Waals surface area contributed by atoms with Crippen molar-refractivity contribution in [1.29, 1.82) is 0 Å². The van der Waals surface area contributed by atoms with E-state index in [4.69, 9.17) is 0 Å². The zero-order valence-electron chi connectivity index (χ0n) is 16.2. The number of carbonyl (C=O) groups excluding carboxylic acids is 1. The molecule has 0 atom stereocenters. The molecule has 0 aromatic heterocycles. The molecule has 25 heavy (non-hydrogen) atoms. The maximum absolute atomic E-state index is 12.6. The Kier molecular flexibility index (Phi) is 7.03. The molecule has 0 radical (unpaired) electrons. The summed E-state index contributed by atoms with van der Waals surface area (Å²) in [5.74, 6) is 1.04. The first-order valence-electron chi connectivity index (χ1n) is 9.54. The largest absolute Gasteiger partial charge is 0.396 e. The van der Waals surface area contributed by atoms with E-state index in [1.807, 2.05) is 26.0 Å². The zero-order chi connectivity index (χ0) is 18.4. The minimum absolute atomic E-state index is 0.0853. The molecule has 2 rings (SSSR count). The average molecular weight is 347 g/mol. The Morgan fingerprint density at radius 3 is 2.60 bits per heavy atom. The van der Waals surface area contributed by atoms with Gasteiger partial charge in [0, 0.05) is 24.3 Å². The minimum atomic E-state index is -0.365. The van der Waals surface area contributed by atoms with Crippen molar-refractivity contribution in [2.24, 2.45) is 17.3 Å². The number of nitrogens with zero attached hydrogens (tertiary/aromatic N) is 1. The highest BCUT2D eigenvalue weighted by Crippen LogP contribution is 2.27. The number of carbonyl (C=O) groups is 1. The van der Waals surface area contributed by atoms with Crippen molar-refractivity contribution < 1.29 is 9.90 Å². The van der Waals surface area contributed by atoms with Crippen molar-refractivity contribution in [1.82, 2.24) is 4.90 Å². The van der Waals surface area contributed by atoms with Gasteiger partial charge in [-0.15, -0.1) is 0 Å². The molecule has 4 nitrogen and oxygen atoms in total. The quantitative estimate of drug-likeness (QED) is 0.787. The van der Waals surface area contributed by atoms with E-state index in [0.717, 1.165) is 44.6 Å². The minimum Gasteiger partial charge on any atom is -0.396 e. The molecule has 0 aliphatic carbocycles. The van der Waals surface area contributed by atoms with Crippen LogP contribution in [0.2, 0.25) is 0 Å². The summed E-state index contributed by atoms with van der Waals surface area (Å²) in [5.41, 5.74) is 1.74. The molecular weight excluding hydrogens is 312 g/mol. The van der Waals surface area contributed by atoms with Crippen LogP contribution in [0.25, 0.3) is 0 Å². The van der Waals surface area contributed by atoms with Crippen molar-refractivity contribution in [2.75, 3.05) is 25.0 Å². The first-order chi connectivity index (χ1) is 11.8. The summed E-state index contributed by atoms with van der Waals surface area (Å²) in [6.07, 6.45) is 3.00. The first kappa shape index (κ1) is 19.9. The number of aliphatic hydroxyl groups excluding tert-OH is 1. The van der Waals surface area contributed by atoms with E-state index in [0.29, 0.717) is 18.4 Å². The number of likely N-dealkylation sites (tertiary alicyclic amines) is 1. The summed E-state index contributed by atoms with van der Waals surface area (Å²) in [5, 5.41) is 12.3. The van der Waals surface area contributed by atoms with Gasteiger partial charge in [0.15, 0.2) is 0 Å². The summed E-state index contributed by atoms with van der Waals surface area (Å²) in [4.78, 5) is 15.0. The maximum atomic E-state index is 12.6. The lowest BCUT2D eigenvalue weighted by atomic mass is 9.83. The third kappa shape index (κ3) is 6.12. The number of hydrogen-bond acceptors (Lipinski definition) is 3. The summed E-state index contributed by atoms with van der Waals surface area (Å²) >= 11 is 0. The Morgan fingerprint density at radius 2 is 2.00 bits per heavy atom. The van der Waals surface area contributed by atoms with Crippen LogP contribution in [-0.4, -0.2) is 35.6 Å². The molecule has 140 valence electrons. The predicted octanol–water partition coefficient (Wildman–Crippen LogP) is 3.90. The fourth-order valence-corrected chi connectivity index (χ4v) is 3.75. The van der Waals surface area contributed by atoms with Gasteiger partial charge < -0.3 is 10.4 Å². The monoisotopic (exact) mass is 346 g/mol. The molecule has 1 heterocycles. The first-order valence-corrected chi connectivity index (χ1v) is 9.54. The molecule has 1 aliphatic heterocycles. The van der Waals surface area contributed by atoms with Gasteiger partial charge >= 0.3 is 0 Å². The lowest BCUT2D eigenvalue weighted by Crippen LogP contribution is -2.34. The van der Waals surface area contributed by atoms with Crippen molar-refractivity contribution in [2.45, 2.75) is 53.5 Å². The van der Waals surface area contributed by atoms with E-state index in [9.17, 15) is 9.90 Å². The fourth-order valence-electron chi connectivity index (χ4n) is 3.75. The molecule has 1 saturated heterocycles. The lowest BCUT2D eigenvalue weighted by molar-refractivity contribution is -0.124. The molecule has 0 saturated carbocycles. The van der Waals surface area contributed by atoms with Gasteiger partial charge in [-0.3, -0.25) is 9.69 Å². The van der Waals surface area contributed by atoms with Gasteiger partial charge in [-0.05, 0) is 61.9 Å². The van der Waals surface area contributed by atoms with Crippen LogP contribution >= 0.6 is 0 Å². The second kappa shape index (κ2) is 8.81. The normalized spacial score (nSPS) is 17.0. The Morgan fingerprint density at radius 1 is 1.32 bits per heavy atom. The highest BCUT2D eigenvalue weighted by Gasteiger charge is 2.28. The standard InChI is InChI=1S/C21H34N2O2/c1-16(2)13-21(3,4)20(25)22-19-7-5-6-18(12-19)14-23-10-8-17(15-24)9-11-23/h5-7,12,16-17,24H,8-11,13-15H2,1-4H3,(H,22,25). The average Bonchev–Trinajstić information content (AvgIpc) is 2.54. The molecule has 0 unspecified atom stereocenters. The smallest absolute Gasteiger partial charge is 0.230 e. The van der Waals surface area contributed by atoms with E-state index >= 15 is 0 Å². The molecule has 1 aromatic carbocycles. The summed E-state index contributed by atoms with van der Waals surface area (Å²) < 4.78 is 0. The molecule has 4 heteroatoms. The van der Waals surface area contributed by atoms with Crippen molar-refractivity contribution in [3.63, 3.8) is 0 Å². The number of aliphatic hydroxyl groups is 1. The Balaban J connectivity index is 1.94. The maximum Gasteiger partial charge on any atom is 0.230 e. The SMILES string of the molecule is CC(C)CC(C)(C)C(=O)Nc1cccc(CN2CCC(CO)CC2)c1. The molecule has 1 fully saturated rings. The summed E-state index contributed by atoms with van der Waals surface area (Å²) in [6, 6.07) is 8.18. The zero-order valence-corrected chi connectivity index (χ0v) is 16.2. The van der Waals surface area contributed by atoms with Gasteiger partial charge in [0.1, 0.15) is 0 Å². The molecule has 2 N–H and O–H groups in total. The Hall–Kier alpha value is -1.39. The van der Waals surface area contributed by atoms with E-state index < -0.39 is 0 Å². The van der Waals surface area contributed by atoms with Gasteiger partial charge in [-0.25, -0.2) is 0 Å². The Labute approximate surface area is 152 Å². The molecule has 1 aliphatic rings. The number of piperidine rings is 1. The van der Waals surface area contributed by atoms with Gasteiger partial charge in [0.2, 0.25) is 5.91 Å². The second-order valence-corrected chi connectivity index (χ2v) is 8.54. The van der Waals surface area contributed by atoms with Crippen LogP contribution in [0.15, 0.2) is 24.3 Å². The highest BCUT2D eigenvalue weighted by atomic mass is 16.3. The van der Waals surface area contributed by atoms with Crippen molar-refractivity contribution in [3.05, 3.63) is 29.8 Å². The van der Waals surface area contributed by atoms with Crippen molar-refractivity contribution in [3.8, 4) is 0 Å². The van der Waals surface area contributed by atoms with Gasteiger partial charge in [0.25, 0.3) is 0 Å². The van der Waals surface area contributed by atoms with Crippen molar-refractivity contribution >= 4 is 11.6 Å². The van der Waals surface area contributed by atoms with Gasteiger partial charge in [-0.1, -0.05) is 39.8 Å². The Bertz CT molecular complexity index is 561. The topological polar surface area (TPSA) is 52.6 Å². The van der Waals surface area contributed by atoms with Crippen LogP contribution in [0.1, 0.15) is 52.5 Å². The van der Waals surface area contributed by atoms with E-state index in [-0.39, 0.29) is 11.3 Å². The van der Waals surface area contributed by atoms with Crippen LogP contribution in [0.4, 0.5) is 5.69 Å². The van der Waals surface area contributed by atoms with E-state index in [2.05, 4.69) is 36.2 Å². The van der Waals surface area contributed by atoms with Crippen LogP contribution in [-0.2, 0) is 11.3 Å². The number of rotatable bonds is 7. The van der Waals surface area contributed by atoms with Gasteiger partial charge in [0.05, 0.1) is 0 Å². The van der Waals surface area contributed by atoms with Crippen LogP contribution in [0.3, 0.4) is 0 Å². The number of hydrogen-bond donors (Lipinski definition) is 2. The molecule has 1 amide bonds. The molecule has 0 spiro atoms. The lowest BCUT2D eigenvalue weighted by Gasteiger charge is -2.31. The van der Waals surface area contributed by atoms with Crippen LogP contribution in [0, 0.1) is 17.3 Å². The number of nitrogens with one attached hydrogen (secondary N) is 1. The fraction of sp³-hybridized carbons (Fsp3) is 0.667. The number of amides is 1. The summed E-state index contributed by atoms with van der Waals surface area (Å²) in [6.45, 7) is 11.6. The third-order valence-corrected chi connectivity index (χ3v) is 5.09. The number of benzene rings is 1. The van der Waals surface area contributed by atoms with Crippen LogP contribution in [0.5, 0.6) is 0 Å². The highest BCUT2D eigenvalue weighted by molar-refractivity contribution is 5.94. The molecule has 1 aromatic rings. The van der Waals surface area contributed by atoms with E-state index in [1.165, 1.54) is 5.56 Å². The second-order valence-electron chi connectivity index (χ2n) is 8.54. The predicted molar refractivity (Wildman–Crippen MR) is 103 cm³/mol.